The number of nitrogens with zero attached hydrogens (tertiary/aromatic N) is 4. The normalized spacial score (nSPS) is 21.5. The summed E-state index contributed by atoms with van der Waals surface area (Å²) in [5.74, 6) is 1.52. The molecule has 2 aromatic heterocycles. The maximum atomic E-state index is 6.06. The Balaban J connectivity index is 0.00000171. The van der Waals surface area contributed by atoms with Crippen LogP contribution in [0.1, 0.15) is 70.8 Å². The maximum Gasteiger partial charge on any atom is 0.227 e. The molecule has 0 saturated heterocycles. The van der Waals surface area contributed by atoms with Crippen molar-refractivity contribution in [1.29, 1.82) is 0 Å². The van der Waals surface area contributed by atoms with Crippen molar-refractivity contribution in [3.63, 3.8) is 0 Å². The van der Waals surface area contributed by atoms with Crippen molar-refractivity contribution in [2.45, 2.75) is 82.8 Å². The van der Waals surface area contributed by atoms with Gasteiger partial charge in [-0.15, -0.1) is 24.8 Å². The number of nitrogens with one attached hydrogen (secondary N) is 2. The van der Waals surface area contributed by atoms with Gasteiger partial charge in [-0.2, -0.15) is 9.97 Å². The maximum absolute atomic E-state index is 6.06. The number of rotatable bonds is 9. The summed E-state index contributed by atoms with van der Waals surface area (Å²) in [6.45, 7) is 4.33. The molecule has 0 atom stereocenters. The first kappa shape index (κ1) is 25.9. The van der Waals surface area contributed by atoms with E-state index < -0.39 is 0 Å². The quantitative estimate of drug-likeness (QED) is 0.466. The van der Waals surface area contributed by atoms with E-state index in [2.05, 4.69) is 20.2 Å². The minimum Gasteiger partial charge on any atom is -0.382 e. The zero-order chi connectivity index (χ0) is 20.1. The van der Waals surface area contributed by atoms with Gasteiger partial charge in [-0.05, 0) is 51.9 Å². The average molecular weight is 474 g/mol. The average Bonchev–Trinajstić information content (AvgIpc) is 3.39. The Labute approximate surface area is 197 Å². The van der Waals surface area contributed by atoms with E-state index in [1.165, 1.54) is 25.7 Å². The number of imidazole rings is 1. The predicted molar refractivity (Wildman–Crippen MR) is 131 cm³/mol. The Morgan fingerprint density at radius 1 is 1.10 bits per heavy atom. The first-order valence-corrected chi connectivity index (χ1v) is 11.3. The molecule has 10 heteroatoms. The van der Waals surface area contributed by atoms with E-state index in [0.29, 0.717) is 24.1 Å². The number of hydrogen-bond acceptors (Lipinski definition) is 7. The fraction of sp³-hybridized carbons (Fsp3) is 0.762. The number of aromatic nitrogens is 4. The van der Waals surface area contributed by atoms with Gasteiger partial charge < -0.3 is 25.7 Å². The van der Waals surface area contributed by atoms with E-state index in [1.54, 1.807) is 0 Å². The summed E-state index contributed by atoms with van der Waals surface area (Å²) >= 11 is 0. The van der Waals surface area contributed by atoms with E-state index in [-0.39, 0.29) is 24.8 Å². The molecule has 0 amide bonds. The smallest absolute Gasteiger partial charge is 0.227 e. The predicted octanol–water partition coefficient (Wildman–Crippen LogP) is 4.31. The lowest BCUT2D eigenvalue weighted by Gasteiger charge is -2.27. The second-order valence-electron chi connectivity index (χ2n) is 8.39. The van der Waals surface area contributed by atoms with Crippen LogP contribution in [0.3, 0.4) is 0 Å². The SMILES string of the molecule is CCOCCCNc1nc(N[C@H]2CC[C@H](N)CC2)nc2c1ncn2C1CCCC1.Cl.Cl. The van der Waals surface area contributed by atoms with Gasteiger partial charge >= 0.3 is 0 Å². The molecule has 2 saturated carbocycles. The lowest BCUT2D eigenvalue weighted by Crippen LogP contribution is -2.33. The van der Waals surface area contributed by atoms with Crippen molar-refractivity contribution in [3.05, 3.63) is 6.33 Å². The lowest BCUT2D eigenvalue weighted by atomic mass is 9.92. The van der Waals surface area contributed by atoms with E-state index in [4.69, 9.17) is 20.4 Å². The molecule has 31 heavy (non-hydrogen) atoms. The third-order valence-electron chi connectivity index (χ3n) is 6.21. The molecule has 4 N–H and O–H groups in total. The van der Waals surface area contributed by atoms with Gasteiger partial charge in [0.25, 0.3) is 0 Å². The van der Waals surface area contributed by atoms with Gasteiger partial charge in [-0.1, -0.05) is 12.8 Å². The molecular weight excluding hydrogens is 437 g/mol. The van der Waals surface area contributed by atoms with Crippen molar-refractivity contribution in [3.8, 4) is 0 Å². The summed E-state index contributed by atoms with van der Waals surface area (Å²) in [5.41, 5.74) is 7.87. The van der Waals surface area contributed by atoms with Gasteiger partial charge in [0.2, 0.25) is 5.95 Å². The molecule has 0 bridgehead atoms. The van der Waals surface area contributed by atoms with Crippen molar-refractivity contribution in [1.82, 2.24) is 19.5 Å². The summed E-state index contributed by atoms with van der Waals surface area (Å²) in [5, 5.41) is 7.04. The van der Waals surface area contributed by atoms with Crippen LogP contribution in [0, 0.1) is 0 Å². The second kappa shape index (κ2) is 12.6. The standard InChI is InChI=1S/C21H35N7O.2ClH/c1-2-29-13-5-12-23-19-18-20(28(14-24-18)17-6-3-4-7-17)27-21(26-19)25-16-10-8-15(22)9-11-16;;/h14-17H,2-13,22H2,1H3,(H2,23,25,26,27);2*1H/t15-,16-;;. The van der Waals surface area contributed by atoms with Gasteiger partial charge in [-0.3, -0.25) is 0 Å². The van der Waals surface area contributed by atoms with E-state index in [1.807, 2.05) is 13.3 Å². The molecule has 0 unspecified atom stereocenters. The Bertz CT molecular complexity index is 789. The van der Waals surface area contributed by atoms with Crippen LogP contribution in [-0.4, -0.2) is 51.4 Å². The summed E-state index contributed by atoms with van der Waals surface area (Å²) < 4.78 is 7.71. The zero-order valence-corrected chi connectivity index (χ0v) is 20.0. The van der Waals surface area contributed by atoms with Crippen molar-refractivity contribution >= 4 is 47.7 Å². The summed E-state index contributed by atoms with van der Waals surface area (Å²) in [7, 11) is 0. The topological polar surface area (TPSA) is 103 Å². The Morgan fingerprint density at radius 2 is 1.84 bits per heavy atom. The number of fused-ring (bicyclic) bond motifs is 1. The first-order chi connectivity index (χ1) is 14.2. The van der Waals surface area contributed by atoms with Crippen molar-refractivity contribution in [2.24, 2.45) is 5.73 Å². The number of halogens is 2. The van der Waals surface area contributed by atoms with E-state index >= 15 is 0 Å². The number of ether oxygens (including phenoxy) is 1. The van der Waals surface area contributed by atoms with Crippen LogP contribution in [0.2, 0.25) is 0 Å². The molecule has 0 aliphatic heterocycles. The highest BCUT2D eigenvalue weighted by atomic mass is 35.5. The lowest BCUT2D eigenvalue weighted by molar-refractivity contribution is 0.147. The van der Waals surface area contributed by atoms with Crippen LogP contribution in [0.4, 0.5) is 11.8 Å². The highest BCUT2D eigenvalue weighted by Crippen LogP contribution is 2.33. The van der Waals surface area contributed by atoms with Crippen LogP contribution in [0.25, 0.3) is 11.2 Å². The fourth-order valence-electron chi connectivity index (χ4n) is 4.53. The summed E-state index contributed by atoms with van der Waals surface area (Å²) in [6, 6.07) is 1.23. The van der Waals surface area contributed by atoms with Gasteiger partial charge in [0, 0.05) is 37.9 Å². The molecule has 0 radical (unpaired) electrons. The minimum atomic E-state index is 0. The van der Waals surface area contributed by atoms with Gasteiger partial charge in [0.15, 0.2) is 17.0 Å². The van der Waals surface area contributed by atoms with Crippen molar-refractivity contribution < 1.29 is 4.74 Å². The van der Waals surface area contributed by atoms with Crippen LogP contribution in [0.15, 0.2) is 6.33 Å². The molecule has 2 fully saturated rings. The molecular formula is C21H37Cl2N7O. The number of hydrogen-bond donors (Lipinski definition) is 3. The minimum absolute atomic E-state index is 0. The summed E-state index contributed by atoms with van der Waals surface area (Å²) in [6.07, 6.45) is 12.1. The van der Waals surface area contributed by atoms with Crippen LogP contribution in [0.5, 0.6) is 0 Å². The summed E-state index contributed by atoms with van der Waals surface area (Å²) in [4.78, 5) is 14.4. The fourth-order valence-corrected chi connectivity index (χ4v) is 4.53. The molecule has 2 aliphatic carbocycles. The largest absolute Gasteiger partial charge is 0.382 e. The van der Waals surface area contributed by atoms with E-state index in [9.17, 15) is 0 Å². The highest BCUT2D eigenvalue weighted by molar-refractivity contribution is 5.86. The molecule has 2 aromatic rings. The third kappa shape index (κ3) is 6.57. The molecule has 4 rings (SSSR count). The molecule has 2 aliphatic rings. The molecule has 2 heterocycles. The molecule has 8 nitrogen and oxygen atoms in total. The zero-order valence-electron chi connectivity index (χ0n) is 18.4. The van der Waals surface area contributed by atoms with Gasteiger partial charge in [0.05, 0.1) is 6.33 Å². The second-order valence-corrected chi connectivity index (χ2v) is 8.39. The molecule has 176 valence electrons. The Kier molecular flexibility index (Phi) is 10.6. The van der Waals surface area contributed by atoms with Crippen molar-refractivity contribution in [2.75, 3.05) is 30.4 Å². The Morgan fingerprint density at radius 3 is 2.55 bits per heavy atom. The molecule has 0 spiro atoms. The van der Waals surface area contributed by atoms with Gasteiger partial charge in [0.1, 0.15) is 0 Å². The number of nitrogens with two attached hydrogens (primary N) is 1. The highest BCUT2D eigenvalue weighted by Gasteiger charge is 2.23. The van der Waals surface area contributed by atoms with Crippen LogP contribution >= 0.6 is 24.8 Å². The number of anilines is 2. The Hall–Kier alpha value is -1.35. The van der Waals surface area contributed by atoms with Crippen LogP contribution < -0.4 is 16.4 Å². The first-order valence-electron chi connectivity index (χ1n) is 11.3. The third-order valence-corrected chi connectivity index (χ3v) is 6.21. The van der Waals surface area contributed by atoms with Crippen LogP contribution in [-0.2, 0) is 4.74 Å². The monoisotopic (exact) mass is 473 g/mol. The van der Waals surface area contributed by atoms with E-state index in [0.717, 1.165) is 68.8 Å². The van der Waals surface area contributed by atoms with Gasteiger partial charge in [-0.25, -0.2) is 4.98 Å². The molecule has 0 aromatic carbocycles.